The number of fused-ring (bicyclic) bond motifs is 1. The first-order valence-corrected chi connectivity index (χ1v) is 10.8. The van der Waals surface area contributed by atoms with Crippen molar-refractivity contribution in [3.63, 3.8) is 0 Å². The van der Waals surface area contributed by atoms with Crippen molar-refractivity contribution >= 4 is 16.9 Å². The van der Waals surface area contributed by atoms with E-state index in [4.69, 9.17) is 9.47 Å². The molecule has 2 aromatic heterocycles. The second kappa shape index (κ2) is 9.64. The molecule has 6 heteroatoms. The Labute approximate surface area is 187 Å². The van der Waals surface area contributed by atoms with Gasteiger partial charge in [0.1, 0.15) is 18.7 Å². The number of esters is 1. The van der Waals surface area contributed by atoms with E-state index in [1.165, 1.54) is 11.1 Å². The van der Waals surface area contributed by atoms with Crippen molar-refractivity contribution in [3.05, 3.63) is 88.7 Å². The van der Waals surface area contributed by atoms with Crippen molar-refractivity contribution in [2.75, 3.05) is 0 Å². The third-order valence-corrected chi connectivity index (χ3v) is 5.76. The highest BCUT2D eigenvalue weighted by Gasteiger charge is 2.18. The van der Waals surface area contributed by atoms with Gasteiger partial charge in [-0.05, 0) is 36.1 Å². The third-order valence-electron chi connectivity index (χ3n) is 5.76. The molecule has 6 nitrogen and oxygen atoms in total. The molecule has 0 aliphatic carbocycles. The van der Waals surface area contributed by atoms with Crippen LogP contribution in [0, 0.1) is 13.8 Å². The minimum Gasteiger partial charge on any atom is -0.470 e. The number of benzene rings is 2. The zero-order valence-electron chi connectivity index (χ0n) is 18.7. The first-order valence-electron chi connectivity index (χ1n) is 10.8. The van der Waals surface area contributed by atoms with Gasteiger partial charge in [0.05, 0.1) is 6.20 Å². The summed E-state index contributed by atoms with van der Waals surface area (Å²) in [6.07, 6.45) is 2.15. The van der Waals surface area contributed by atoms with Crippen LogP contribution in [0.2, 0.25) is 0 Å². The van der Waals surface area contributed by atoms with Crippen LogP contribution in [-0.4, -0.2) is 20.7 Å². The predicted octanol–water partition coefficient (Wildman–Crippen LogP) is 5.13. The summed E-state index contributed by atoms with van der Waals surface area (Å²) in [6, 6.07) is 18.1. The molecule has 0 bridgehead atoms. The molecule has 164 valence electrons. The number of rotatable bonds is 8. The summed E-state index contributed by atoms with van der Waals surface area (Å²) in [5, 5.41) is 9.54. The second-order valence-electron chi connectivity index (χ2n) is 7.77. The largest absolute Gasteiger partial charge is 0.470 e. The first-order chi connectivity index (χ1) is 15.6. The molecule has 0 unspecified atom stereocenters. The van der Waals surface area contributed by atoms with E-state index in [-0.39, 0.29) is 12.6 Å². The number of ether oxygens (including phenoxy) is 2. The number of hydrogen-bond acceptors (Lipinski definition) is 5. The van der Waals surface area contributed by atoms with Crippen molar-refractivity contribution in [2.24, 2.45) is 0 Å². The molecule has 0 fully saturated rings. The highest BCUT2D eigenvalue weighted by Crippen LogP contribution is 2.31. The predicted molar refractivity (Wildman–Crippen MR) is 123 cm³/mol. The molecule has 2 aromatic carbocycles. The molecule has 0 N–H and O–H groups in total. The Kier molecular flexibility index (Phi) is 6.50. The Morgan fingerprint density at radius 1 is 0.969 bits per heavy atom. The maximum Gasteiger partial charge on any atom is 0.305 e. The Morgan fingerprint density at radius 3 is 2.38 bits per heavy atom. The van der Waals surface area contributed by atoms with Crippen molar-refractivity contribution in [1.29, 1.82) is 0 Å². The third kappa shape index (κ3) is 4.49. The lowest BCUT2D eigenvalue weighted by Crippen LogP contribution is -2.08. The van der Waals surface area contributed by atoms with Gasteiger partial charge in [0.15, 0.2) is 0 Å². The number of carbonyl (C=O) groups is 1. The van der Waals surface area contributed by atoms with Crippen LogP contribution in [0.4, 0.5) is 0 Å². The van der Waals surface area contributed by atoms with E-state index in [2.05, 4.69) is 40.7 Å². The van der Waals surface area contributed by atoms with E-state index in [9.17, 15) is 4.79 Å². The van der Waals surface area contributed by atoms with E-state index in [1.54, 1.807) is 13.1 Å². The summed E-state index contributed by atoms with van der Waals surface area (Å²) in [5.41, 5.74) is 6.34. The van der Waals surface area contributed by atoms with E-state index in [0.717, 1.165) is 34.3 Å². The van der Waals surface area contributed by atoms with Crippen LogP contribution in [0.25, 0.3) is 10.9 Å². The van der Waals surface area contributed by atoms with E-state index in [0.29, 0.717) is 18.9 Å². The SMILES string of the molecule is CCC(=O)OCc1ccccc1COc1nncc2c(C)c(C)n(Cc3ccccc3)c12. The summed E-state index contributed by atoms with van der Waals surface area (Å²) in [7, 11) is 0. The Bertz CT molecular complexity index is 1230. The van der Waals surface area contributed by atoms with Crippen LogP contribution in [0.15, 0.2) is 60.8 Å². The Balaban J connectivity index is 1.63. The molecule has 0 aliphatic heterocycles. The Hall–Kier alpha value is -3.67. The number of aromatic nitrogens is 3. The molecular formula is C26H27N3O3. The molecule has 0 spiro atoms. The lowest BCUT2D eigenvalue weighted by atomic mass is 10.1. The average molecular weight is 430 g/mol. The smallest absolute Gasteiger partial charge is 0.305 e. The van der Waals surface area contributed by atoms with Crippen molar-refractivity contribution in [1.82, 2.24) is 14.8 Å². The monoisotopic (exact) mass is 429 g/mol. The summed E-state index contributed by atoms with van der Waals surface area (Å²) < 4.78 is 13.7. The van der Waals surface area contributed by atoms with Gasteiger partial charge in [-0.2, -0.15) is 5.10 Å². The highest BCUT2D eigenvalue weighted by atomic mass is 16.5. The van der Waals surface area contributed by atoms with Gasteiger partial charge in [0, 0.05) is 24.0 Å². The van der Waals surface area contributed by atoms with Crippen LogP contribution in [0.5, 0.6) is 5.88 Å². The summed E-state index contributed by atoms with van der Waals surface area (Å²) in [4.78, 5) is 11.6. The molecule has 0 saturated heterocycles. The average Bonchev–Trinajstić information content (AvgIpc) is 3.07. The van der Waals surface area contributed by atoms with Crippen molar-refractivity contribution in [2.45, 2.75) is 47.0 Å². The van der Waals surface area contributed by atoms with Crippen LogP contribution >= 0.6 is 0 Å². The van der Waals surface area contributed by atoms with Gasteiger partial charge in [-0.15, -0.1) is 5.10 Å². The minimum absolute atomic E-state index is 0.221. The molecule has 0 atom stereocenters. The van der Waals surface area contributed by atoms with Crippen LogP contribution in [0.1, 0.15) is 41.3 Å². The number of nitrogens with zero attached hydrogens (tertiary/aromatic N) is 3. The van der Waals surface area contributed by atoms with Gasteiger partial charge < -0.3 is 14.0 Å². The quantitative estimate of drug-likeness (QED) is 0.363. The van der Waals surface area contributed by atoms with Gasteiger partial charge in [-0.25, -0.2) is 0 Å². The molecule has 32 heavy (non-hydrogen) atoms. The van der Waals surface area contributed by atoms with Gasteiger partial charge >= 0.3 is 5.97 Å². The lowest BCUT2D eigenvalue weighted by Gasteiger charge is -2.13. The fraction of sp³-hybridized carbons (Fsp3) is 0.269. The van der Waals surface area contributed by atoms with E-state index >= 15 is 0 Å². The normalized spacial score (nSPS) is 11.0. The number of carbonyl (C=O) groups excluding carboxylic acids is 1. The Morgan fingerprint density at radius 2 is 1.66 bits per heavy atom. The van der Waals surface area contributed by atoms with Crippen LogP contribution < -0.4 is 4.74 Å². The molecule has 0 saturated carbocycles. The first kappa shape index (κ1) is 21.6. The van der Waals surface area contributed by atoms with E-state index in [1.807, 2.05) is 42.5 Å². The van der Waals surface area contributed by atoms with Gasteiger partial charge in [0.25, 0.3) is 5.88 Å². The van der Waals surface area contributed by atoms with Gasteiger partial charge in [-0.3, -0.25) is 4.79 Å². The van der Waals surface area contributed by atoms with Crippen molar-refractivity contribution in [3.8, 4) is 5.88 Å². The molecule has 4 rings (SSSR count). The molecule has 0 aliphatic rings. The van der Waals surface area contributed by atoms with Crippen molar-refractivity contribution < 1.29 is 14.3 Å². The van der Waals surface area contributed by atoms with Crippen LogP contribution in [-0.2, 0) is 29.3 Å². The van der Waals surface area contributed by atoms with E-state index < -0.39 is 0 Å². The topological polar surface area (TPSA) is 66.2 Å². The lowest BCUT2D eigenvalue weighted by molar-refractivity contribution is -0.144. The van der Waals surface area contributed by atoms with Gasteiger partial charge in [-0.1, -0.05) is 61.5 Å². The molecule has 0 radical (unpaired) electrons. The van der Waals surface area contributed by atoms with Crippen LogP contribution in [0.3, 0.4) is 0 Å². The summed E-state index contributed by atoms with van der Waals surface area (Å²) in [5.74, 6) is 0.274. The zero-order valence-corrected chi connectivity index (χ0v) is 18.7. The zero-order chi connectivity index (χ0) is 22.5. The summed E-state index contributed by atoms with van der Waals surface area (Å²) >= 11 is 0. The standard InChI is InChI=1S/C26H27N3O3/c1-4-24(30)31-16-21-12-8-9-13-22(21)17-32-26-25-23(14-27-28-26)18(2)19(3)29(25)15-20-10-6-5-7-11-20/h5-14H,4,15-17H2,1-3H3. The fourth-order valence-corrected chi connectivity index (χ4v) is 3.77. The molecule has 4 aromatic rings. The maximum atomic E-state index is 11.6. The minimum atomic E-state index is -0.221. The molecular weight excluding hydrogens is 402 g/mol. The molecule has 0 amide bonds. The summed E-state index contributed by atoms with van der Waals surface area (Å²) in [6.45, 7) is 7.25. The highest BCUT2D eigenvalue weighted by molar-refractivity contribution is 5.88. The number of aryl methyl sites for hydroxylation is 1. The number of hydrogen-bond donors (Lipinski definition) is 0. The van der Waals surface area contributed by atoms with Gasteiger partial charge in [0.2, 0.25) is 0 Å². The fourth-order valence-electron chi connectivity index (χ4n) is 3.77. The maximum absolute atomic E-state index is 11.6. The second-order valence-corrected chi connectivity index (χ2v) is 7.77. The molecule has 2 heterocycles.